The van der Waals surface area contributed by atoms with Gasteiger partial charge in [0.1, 0.15) is 0 Å². The predicted molar refractivity (Wildman–Crippen MR) is 93.4 cm³/mol. The van der Waals surface area contributed by atoms with Gasteiger partial charge in [0.15, 0.2) is 0 Å². The van der Waals surface area contributed by atoms with E-state index in [1.807, 2.05) is 31.0 Å². The van der Waals surface area contributed by atoms with E-state index in [1.54, 1.807) is 21.1 Å². The van der Waals surface area contributed by atoms with Crippen LogP contribution in [-0.4, -0.2) is 63.8 Å². The minimum atomic E-state index is 0.0569. The zero-order valence-electron chi connectivity index (χ0n) is 14.1. The van der Waals surface area contributed by atoms with Gasteiger partial charge in [-0.15, -0.1) is 11.3 Å². The van der Waals surface area contributed by atoms with E-state index >= 15 is 0 Å². The first-order valence-corrected chi connectivity index (χ1v) is 9.18. The summed E-state index contributed by atoms with van der Waals surface area (Å²) in [7, 11) is 1.84. The summed E-state index contributed by atoms with van der Waals surface area (Å²) < 4.78 is 2.02. The first-order chi connectivity index (χ1) is 11.6. The highest BCUT2D eigenvalue weighted by Crippen LogP contribution is 2.26. The monoisotopic (exact) mass is 346 g/mol. The van der Waals surface area contributed by atoms with Gasteiger partial charge in [0.25, 0.3) is 0 Å². The number of hydrogen-bond donors (Lipinski definition) is 0. The second-order valence-electron chi connectivity index (χ2n) is 6.57. The molecule has 0 spiro atoms. The maximum absolute atomic E-state index is 12.1. The third-order valence-electron chi connectivity index (χ3n) is 4.79. The topological polar surface area (TPSA) is 57.5 Å². The SMILES string of the molecule is Cc1nc(CN2CCC(n3cc(N4CCN(C)C4=O)cn3)C2)cs1. The number of anilines is 1. The molecule has 2 amide bonds. The van der Waals surface area contributed by atoms with Crippen LogP contribution in [0.25, 0.3) is 0 Å². The summed E-state index contributed by atoms with van der Waals surface area (Å²) in [6, 6.07) is 0.426. The largest absolute Gasteiger partial charge is 0.326 e. The van der Waals surface area contributed by atoms with Crippen molar-refractivity contribution in [2.24, 2.45) is 0 Å². The summed E-state index contributed by atoms with van der Waals surface area (Å²) >= 11 is 1.71. The minimum Gasteiger partial charge on any atom is -0.326 e. The van der Waals surface area contributed by atoms with E-state index in [9.17, 15) is 4.79 Å². The molecule has 2 aromatic rings. The van der Waals surface area contributed by atoms with Crippen LogP contribution in [0.2, 0.25) is 0 Å². The number of thiazole rings is 1. The lowest BCUT2D eigenvalue weighted by molar-refractivity contribution is 0.229. The smallest absolute Gasteiger partial charge is 0.324 e. The van der Waals surface area contributed by atoms with Crippen LogP contribution in [0.3, 0.4) is 0 Å². The molecule has 1 unspecified atom stereocenters. The molecule has 24 heavy (non-hydrogen) atoms. The number of carbonyl (C=O) groups excluding carboxylic acids is 1. The molecule has 0 saturated carbocycles. The van der Waals surface area contributed by atoms with Gasteiger partial charge in [-0.2, -0.15) is 5.10 Å². The van der Waals surface area contributed by atoms with Crippen molar-refractivity contribution in [3.05, 3.63) is 28.5 Å². The standard InChI is InChI=1S/C16H22N6OS/c1-12-18-13(11-24-12)8-20-4-3-14(9-20)22-10-15(7-17-22)21-6-5-19(2)16(21)23/h7,10-11,14H,3-6,8-9H2,1-2H3. The molecule has 4 rings (SSSR count). The van der Waals surface area contributed by atoms with E-state index < -0.39 is 0 Å². The van der Waals surface area contributed by atoms with Gasteiger partial charge in [0.05, 0.1) is 28.6 Å². The van der Waals surface area contributed by atoms with Gasteiger partial charge in [0.2, 0.25) is 0 Å². The quantitative estimate of drug-likeness (QED) is 0.849. The number of urea groups is 1. The first kappa shape index (κ1) is 15.6. The Balaban J connectivity index is 1.40. The Morgan fingerprint density at radius 3 is 2.92 bits per heavy atom. The van der Waals surface area contributed by atoms with Gasteiger partial charge in [0, 0.05) is 51.3 Å². The van der Waals surface area contributed by atoms with Crippen LogP contribution in [0.4, 0.5) is 10.5 Å². The van der Waals surface area contributed by atoms with Crippen molar-refractivity contribution in [1.29, 1.82) is 0 Å². The Bertz CT molecular complexity index is 741. The summed E-state index contributed by atoms with van der Waals surface area (Å²) in [5.41, 5.74) is 2.06. The maximum atomic E-state index is 12.1. The van der Waals surface area contributed by atoms with E-state index in [0.29, 0.717) is 6.04 Å². The molecule has 2 aliphatic rings. The molecular weight excluding hydrogens is 324 g/mol. The number of carbonyl (C=O) groups is 1. The Morgan fingerprint density at radius 2 is 2.21 bits per heavy atom. The van der Waals surface area contributed by atoms with Crippen LogP contribution < -0.4 is 4.90 Å². The zero-order valence-corrected chi connectivity index (χ0v) is 14.9. The molecule has 8 heteroatoms. The number of likely N-dealkylation sites (tertiary alicyclic amines) is 1. The molecule has 0 bridgehead atoms. The van der Waals surface area contributed by atoms with E-state index in [1.165, 1.54) is 0 Å². The molecule has 0 aliphatic carbocycles. The fraction of sp³-hybridized carbons (Fsp3) is 0.562. The molecule has 2 aromatic heterocycles. The molecule has 0 aromatic carbocycles. The highest BCUT2D eigenvalue weighted by atomic mass is 32.1. The van der Waals surface area contributed by atoms with Crippen molar-refractivity contribution in [2.45, 2.75) is 25.9 Å². The average Bonchev–Trinajstić information content (AvgIpc) is 3.31. The van der Waals surface area contributed by atoms with Gasteiger partial charge in [-0.25, -0.2) is 9.78 Å². The van der Waals surface area contributed by atoms with Crippen molar-refractivity contribution < 1.29 is 4.79 Å². The fourth-order valence-corrected chi connectivity index (χ4v) is 4.04. The summed E-state index contributed by atoms with van der Waals surface area (Å²) in [6.07, 6.45) is 4.90. The third-order valence-corrected chi connectivity index (χ3v) is 5.61. The van der Waals surface area contributed by atoms with E-state index in [-0.39, 0.29) is 6.03 Å². The number of rotatable bonds is 4. The van der Waals surface area contributed by atoms with Gasteiger partial charge in [-0.05, 0) is 13.3 Å². The van der Waals surface area contributed by atoms with Gasteiger partial charge in [-0.1, -0.05) is 0 Å². The maximum Gasteiger partial charge on any atom is 0.324 e. The van der Waals surface area contributed by atoms with E-state index in [2.05, 4.69) is 20.4 Å². The molecule has 7 nitrogen and oxygen atoms in total. The second kappa shape index (κ2) is 6.18. The Morgan fingerprint density at radius 1 is 1.33 bits per heavy atom. The third kappa shape index (κ3) is 2.91. The van der Waals surface area contributed by atoms with Crippen molar-refractivity contribution in [3.63, 3.8) is 0 Å². The van der Waals surface area contributed by atoms with Crippen LogP contribution in [0.5, 0.6) is 0 Å². The Kier molecular flexibility index (Phi) is 4.01. The van der Waals surface area contributed by atoms with E-state index in [4.69, 9.17) is 0 Å². The fourth-order valence-electron chi connectivity index (χ4n) is 3.44. The van der Waals surface area contributed by atoms with E-state index in [0.717, 1.165) is 55.5 Å². The van der Waals surface area contributed by atoms with Crippen LogP contribution >= 0.6 is 11.3 Å². The van der Waals surface area contributed by atoms with Crippen molar-refractivity contribution in [1.82, 2.24) is 24.6 Å². The highest BCUT2D eigenvalue weighted by molar-refractivity contribution is 7.09. The molecule has 128 valence electrons. The molecule has 1 atom stereocenters. The van der Waals surface area contributed by atoms with Crippen LogP contribution in [0.15, 0.2) is 17.8 Å². The lowest BCUT2D eigenvalue weighted by Crippen LogP contribution is -2.28. The number of aryl methyl sites for hydroxylation is 1. The van der Waals surface area contributed by atoms with Gasteiger partial charge in [-0.3, -0.25) is 14.5 Å². The summed E-state index contributed by atoms with van der Waals surface area (Å²) in [5, 5.41) is 7.78. The van der Waals surface area contributed by atoms with Crippen molar-refractivity contribution >= 4 is 23.1 Å². The number of nitrogens with zero attached hydrogens (tertiary/aromatic N) is 6. The van der Waals surface area contributed by atoms with Crippen molar-refractivity contribution in [3.8, 4) is 0 Å². The van der Waals surface area contributed by atoms with Crippen LogP contribution in [0, 0.1) is 6.92 Å². The molecule has 2 fully saturated rings. The van der Waals surface area contributed by atoms with Gasteiger partial charge < -0.3 is 4.90 Å². The Hall–Kier alpha value is -1.93. The molecule has 2 saturated heterocycles. The summed E-state index contributed by atoms with van der Waals surface area (Å²) in [5.74, 6) is 0. The predicted octanol–water partition coefficient (Wildman–Crippen LogP) is 1.97. The number of hydrogen-bond acceptors (Lipinski definition) is 5. The minimum absolute atomic E-state index is 0.0569. The molecule has 0 N–H and O–H groups in total. The highest BCUT2D eigenvalue weighted by Gasteiger charge is 2.29. The van der Waals surface area contributed by atoms with Crippen molar-refractivity contribution in [2.75, 3.05) is 38.1 Å². The first-order valence-electron chi connectivity index (χ1n) is 8.30. The number of aromatic nitrogens is 3. The Labute approximate surface area is 145 Å². The zero-order chi connectivity index (χ0) is 16.7. The summed E-state index contributed by atoms with van der Waals surface area (Å²) in [4.78, 5) is 22.6. The van der Waals surface area contributed by atoms with Crippen LogP contribution in [-0.2, 0) is 6.54 Å². The second-order valence-corrected chi connectivity index (χ2v) is 7.63. The average molecular weight is 346 g/mol. The molecule has 0 radical (unpaired) electrons. The number of amides is 2. The van der Waals surface area contributed by atoms with Crippen LogP contribution in [0.1, 0.15) is 23.2 Å². The molecule has 2 aliphatic heterocycles. The number of likely N-dealkylation sites (N-methyl/N-ethyl adjacent to an activating group) is 1. The molecular formula is C16H22N6OS. The lowest BCUT2D eigenvalue weighted by Gasteiger charge is -2.15. The lowest BCUT2D eigenvalue weighted by atomic mass is 10.3. The van der Waals surface area contributed by atoms with Gasteiger partial charge >= 0.3 is 6.03 Å². The molecule has 4 heterocycles. The summed E-state index contributed by atoms with van der Waals surface area (Å²) in [6.45, 7) is 6.50. The normalized spacial score (nSPS) is 22.1.